The molecule has 5 heteroatoms. The molecule has 0 bridgehead atoms. The van der Waals surface area contributed by atoms with Gasteiger partial charge in [0.1, 0.15) is 0 Å². The van der Waals surface area contributed by atoms with Crippen molar-refractivity contribution in [1.82, 2.24) is 4.31 Å². The zero-order valence-electron chi connectivity index (χ0n) is 8.66. The van der Waals surface area contributed by atoms with Crippen molar-refractivity contribution in [2.45, 2.75) is 33.2 Å². The molecule has 13 heavy (non-hydrogen) atoms. The first-order valence-electron chi connectivity index (χ1n) is 4.69. The zero-order chi connectivity index (χ0) is 10.5. The Labute approximate surface area is 81.2 Å². The van der Waals surface area contributed by atoms with E-state index in [0.29, 0.717) is 6.54 Å². The van der Waals surface area contributed by atoms with Crippen LogP contribution in [0.5, 0.6) is 0 Å². The third-order valence-corrected chi connectivity index (χ3v) is 4.21. The minimum absolute atomic E-state index is 0.0468. The van der Waals surface area contributed by atoms with Gasteiger partial charge in [0.15, 0.2) is 0 Å². The first-order valence-corrected chi connectivity index (χ1v) is 6.30. The van der Waals surface area contributed by atoms with Gasteiger partial charge in [0, 0.05) is 19.1 Å². The molecule has 0 heterocycles. The standard InChI is InChI=1S/C8H20N2O2S/c1-4-8(3)10(5-2)13(11,12)7-6-9/h8H,4-7,9H2,1-3H3. The van der Waals surface area contributed by atoms with Gasteiger partial charge < -0.3 is 5.73 Å². The van der Waals surface area contributed by atoms with E-state index in [1.54, 1.807) is 0 Å². The van der Waals surface area contributed by atoms with E-state index in [-0.39, 0.29) is 18.3 Å². The van der Waals surface area contributed by atoms with Crippen LogP contribution in [0, 0.1) is 0 Å². The van der Waals surface area contributed by atoms with Crippen LogP contribution in [0.15, 0.2) is 0 Å². The van der Waals surface area contributed by atoms with Crippen LogP contribution in [0.2, 0.25) is 0 Å². The SMILES string of the molecule is CCC(C)N(CC)S(=O)(=O)CCN. The van der Waals surface area contributed by atoms with E-state index in [1.807, 2.05) is 20.8 Å². The molecule has 0 fully saturated rings. The van der Waals surface area contributed by atoms with Crippen LogP contribution in [0.4, 0.5) is 0 Å². The Kier molecular flexibility index (Phi) is 5.51. The highest BCUT2D eigenvalue weighted by Gasteiger charge is 2.23. The molecule has 2 N–H and O–H groups in total. The molecule has 1 unspecified atom stereocenters. The molecule has 1 atom stereocenters. The summed E-state index contributed by atoms with van der Waals surface area (Å²) in [4.78, 5) is 0. The maximum atomic E-state index is 11.6. The third kappa shape index (κ3) is 3.62. The predicted molar refractivity (Wildman–Crippen MR) is 55.0 cm³/mol. The number of nitrogens with two attached hydrogens (primary N) is 1. The van der Waals surface area contributed by atoms with Crippen LogP contribution in [0.1, 0.15) is 27.2 Å². The highest BCUT2D eigenvalue weighted by atomic mass is 32.2. The van der Waals surface area contributed by atoms with Crippen LogP contribution in [0.25, 0.3) is 0 Å². The molecule has 0 aromatic rings. The Morgan fingerprint density at radius 2 is 1.92 bits per heavy atom. The number of sulfonamides is 1. The summed E-state index contributed by atoms with van der Waals surface area (Å²) >= 11 is 0. The second kappa shape index (κ2) is 5.57. The van der Waals surface area contributed by atoms with E-state index >= 15 is 0 Å². The molecule has 0 saturated heterocycles. The van der Waals surface area contributed by atoms with Crippen molar-refractivity contribution in [3.63, 3.8) is 0 Å². The first-order chi connectivity index (χ1) is 5.99. The highest BCUT2D eigenvalue weighted by molar-refractivity contribution is 7.89. The summed E-state index contributed by atoms with van der Waals surface area (Å²) in [5.74, 6) is 0.0468. The lowest BCUT2D eigenvalue weighted by atomic mass is 10.3. The van der Waals surface area contributed by atoms with Gasteiger partial charge in [0.25, 0.3) is 0 Å². The van der Waals surface area contributed by atoms with E-state index in [2.05, 4.69) is 0 Å². The van der Waals surface area contributed by atoms with E-state index in [9.17, 15) is 8.42 Å². The molecular formula is C8H20N2O2S. The number of hydrogen-bond acceptors (Lipinski definition) is 3. The van der Waals surface area contributed by atoms with Crippen LogP contribution >= 0.6 is 0 Å². The van der Waals surface area contributed by atoms with E-state index in [0.717, 1.165) is 6.42 Å². The smallest absolute Gasteiger partial charge is 0.215 e. The lowest BCUT2D eigenvalue weighted by molar-refractivity contribution is 0.343. The third-order valence-electron chi connectivity index (χ3n) is 2.13. The molecule has 0 spiro atoms. The topological polar surface area (TPSA) is 63.4 Å². The minimum atomic E-state index is -3.13. The molecule has 0 aliphatic carbocycles. The monoisotopic (exact) mass is 208 g/mol. The number of hydrogen-bond donors (Lipinski definition) is 1. The maximum Gasteiger partial charge on any atom is 0.215 e. The van der Waals surface area contributed by atoms with Gasteiger partial charge in [-0.15, -0.1) is 0 Å². The summed E-state index contributed by atoms with van der Waals surface area (Å²) in [6.45, 7) is 6.45. The lowest BCUT2D eigenvalue weighted by Gasteiger charge is -2.25. The molecule has 4 nitrogen and oxygen atoms in total. The maximum absolute atomic E-state index is 11.6. The van der Waals surface area contributed by atoms with Gasteiger partial charge in [-0.1, -0.05) is 13.8 Å². The lowest BCUT2D eigenvalue weighted by Crippen LogP contribution is -2.40. The van der Waals surface area contributed by atoms with Gasteiger partial charge in [0.2, 0.25) is 10.0 Å². The molecular weight excluding hydrogens is 188 g/mol. The van der Waals surface area contributed by atoms with Gasteiger partial charge in [-0.25, -0.2) is 8.42 Å². The average molecular weight is 208 g/mol. The molecule has 0 rings (SSSR count). The quantitative estimate of drug-likeness (QED) is 0.687. The second-order valence-corrected chi connectivity index (χ2v) is 5.11. The van der Waals surface area contributed by atoms with Crippen molar-refractivity contribution >= 4 is 10.0 Å². The Balaban J connectivity index is 4.56. The Morgan fingerprint density at radius 1 is 1.38 bits per heavy atom. The number of rotatable bonds is 6. The molecule has 0 aliphatic rings. The van der Waals surface area contributed by atoms with Gasteiger partial charge in [0.05, 0.1) is 5.75 Å². The molecule has 0 aliphatic heterocycles. The van der Waals surface area contributed by atoms with Gasteiger partial charge in [-0.05, 0) is 13.3 Å². The largest absolute Gasteiger partial charge is 0.329 e. The molecule has 80 valence electrons. The summed E-state index contributed by atoms with van der Waals surface area (Å²) in [5, 5.41) is 0. The van der Waals surface area contributed by atoms with Crippen molar-refractivity contribution < 1.29 is 8.42 Å². The summed E-state index contributed by atoms with van der Waals surface area (Å²) in [6.07, 6.45) is 0.831. The zero-order valence-corrected chi connectivity index (χ0v) is 9.47. The van der Waals surface area contributed by atoms with Crippen molar-refractivity contribution in [2.24, 2.45) is 5.73 Å². The molecule has 0 aromatic carbocycles. The summed E-state index contributed by atoms with van der Waals surface area (Å²) in [6, 6.07) is 0.0709. The van der Waals surface area contributed by atoms with Crippen molar-refractivity contribution in [2.75, 3.05) is 18.8 Å². The Bertz CT molecular complexity index is 226. The van der Waals surface area contributed by atoms with E-state index in [1.165, 1.54) is 4.31 Å². The first kappa shape index (κ1) is 12.9. The fourth-order valence-electron chi connectivity index (χ4n) is 1.25. The van der Waals surface area contributed by atoms with Gasteiger partial charge in [-0.2, -0.15) is 4.31 Å². The Hall–Kier alpha value is -0.130. The summed E-state index contributed by atoms with van der Waals surface area (Å²) < 4.78 is 24.7. The predicted octanol–water partition coefficient (Wildman–Crippen LogP) is 0.395. The average Bonchev–Trinajstić information content (AvgIpc) is 2.04. The molecule has 0 saturated carbocycles. The highest BCUT2D eigenvalue weighted by Crippen LogP contribution is 2.09. The fourth-order valence-corrected chi connectivity index (χ4v) is 2.88. The van der Waals surface area contributed by atoms with Gasteiger partial charge >= 0.3 is 0 Å². The second-order valence-electron chi connectivity index (χ2n) is 3.07. The van der Waals surface area contributed by atoms with Crippen molar-refractivity contribution in [1.29, 1.82) is 0 Å². The van der Waals surface area contributed by atoms with E-state index < -0.39 is 10.0 Å². The normalized spacial score (nSPS) is 14.8. The van der Waals surface area contributed by atoms with Gasteiger partial charge in [-0.3, -0.25) is 0 Å². The van der Waals surface area contributed by atoms with Crippen LogP contribution in [-0.2, 0) is 10.0 Å². The Morgan fingerprint density at radius 3 is 2.23 bits per heavy atom. The fraction of sp³-hybridized carbons (Fsp3) is 1.00. The minimum Gasteiger partial charge on any atom is -0.329 e. The van der Waals surface area contributed by atoms with Crippen LogP contribution in [0.3, 0.4) is 0 Å². The molecule has 0 aromatic heterocycles. The van der Waals surface area contributed by atoms with Crippen molar-refractivity contribution in [3.8, 4) is 0 Å². The van der Waals surface area contributed by atoms with Crippen molar-refractivity contribution in [3.05, 3.63) is 0 Å². The summed E-state index contributed by atoms with van der Waals surface area (Å²) in [5.41, 5.74) is 5.24. The van der Waals surface area contributed by atoms with Crippen LogP contribution in [-0.4, -0.2) is 37.6 Å². The molecule has 0 amide bonds. The summed E-state index contributed by atoms with van der Waals surface area (Å²) in [7, 11) is -3.13. The molecule has 0 radical (unpaired) electrons. The number of nitrogens with zero attached hydrogens (tertiary/aromatic N) is 1. The van der Waals surface area contributed by atoms with Crippen LogP contribution < -0.4 is 5.73 Å². The van der Waals surface area contributed by atoms with E-state index in [4.69, 9.17) is 5.73 Å².